The fourth-order valence-electron chi connectivity index (χ4n) is 2.59. The molecular formula is C15H22N2O4. The SMILES string of the molecule is O=C(NCc1ccc(C(=O)O)o1)NC1CCCCCCC1. The van der Waals surface area contributed by atoms with Crippen molar-refractivity contribution in [2.24, 2.45) is 0 Å². The highest BCUT2D eigenvalue weighted by molar-refractivity contribution is 5.84. The molecule has 6 heteroatoms. The monoisotopic (exact) mass is 294 g/mol. The lowest BCUT2D eigenvalue weighted by atomic mass is 9.97. The van der Waals surface area contributed by atoms with Crippen LogP contribution < -0.4 is 10.6 Å². The van der Waals surface area contributed by atoms with Crippen LogP contribution in [-0.2, 0) is 6.54 Å². The van der Waals surface area contributed by atoms with Gasteiger partial charge in [-0.15, -0.1) is 0 Å². The Balaban J connectivity index is 1.74. The Hall–Kier alpha value is -1.98. The second-order valence-electron chi connectivity index (χ2n) is 5.44. The van der Waals surface area contributed by atoms with Crippen molar-refractivity contribution in [1.82, 2.24) is 10.6 Å². The molecule has 0 spiro atoms. The lowest BCUT2D eigenvalue weighted by Gasteiger charge is -2.21. The van der Waals surface area contributed by atoms with Gasteiger partial charge in [0.2, 0.25) is 5.76 Å². The van der Waals surface area contributed by atoms with Gasteiger partial charge >= 0.3 is 12.0 Å². The highest BCUT2D eigenvalue weighted by Crippen LogP contribution is 2.17. The van der Waals surface area contributed by atoms with Gasteiger partial charge in [-0.25, -0.2) is 9.59 Å². The molecule has 1 fully saturated rings. The largest absolute Gasteiger partial charge is 0.475 e. The number of carbonyl (C=O) groups excluding carboxylic acids is 1. The first-order chi connectivity index (χ1) is 10.1. The number of hydrogen-bond acceptors (Lipinski definition) is 3. The van der Waals surface area contributed by atoms with Crippen molar-refractivity contribution < 1.29 is 19.1 Å². The van der Waals surface area contributed by atoms with Crippen molar-refractivity contribution in [1.29, 1.82) is 0 Å². The van der Waals surface area contributed by atoms with E-state index in [1.54, 1.807) is 6.07 Å². The fraction of sp³-hybridized carbons (Fsp3) is 0.600. The van der Waals surface area contributed by atoms with Gasteiger partial charge in [0.05, 0.1) is 6.54 Å². The first kappa shape index (κ1) is 15.4. The van der Waals surface area contributed by atoms with Crippen LogP contribution >= 0.6 is 0 Å². The smallest absolute Gasteiger partial charge is 0.371 e. The average Bonchev–Trinajstić information content (AvgIpc) is 2.88. The van der Waals surface area contributed by atoms with Crippen LogP contribution in [-0.4, -0.2) is 23.1 Å². The Morgan fingerprint density at radius 2 is 1.81 bits per heavy atom. The van der Waals surface area contributed by atoms with Crippen LogP contribution in [0.15, 0.2) is 16.5 Å². The molecule has 2 amide bonds. The maximum absolute atomic E-state index is 11.8. The maximum Gasteiger partial charge on any atom is 0.371 e. The molecule has 1 aromatic heterocycles. The zero-order valence-corrected chi connectivity index (χ0v) is 12.1. The number of rotatable bonds is 4. The molecule has 2 rings (SSSR count). The number of carboxylic acid groups (broad SMARTS) is 1. The van der Waals surface area contributed by atoms with Crippen LogP contribution in [0.25, 0.3) is 0 Å². The molecule has 0 saturated heterocycles. The van der Waals surface area contributed by atoms with E-state index in [0.717, 1.165) is 25.7 Å². The van der Waals surface area contributed by atoms with E-state index in [2.05, 4.69) is 10.6 Å². The van der Waals surface area contributed by atoms with Crippen LogP contribution in [0.5, 0.6) is 0 Å². The molecule has 0 radical (unpaired) electrons. The Labute approximate surface area is 123 Å². The van der Waals surface area contributed by atoms with Gasteiger partial charge in [-0.05, 0) is 25.0 Å². The first-order valence-electron chi connectivity index (χ1n) is 7.51. The minimum atomic E-state index is -1.11. The molecular weight excluding hydrogens is 272 g/mol. The van der Waals surface area contributed by atoms with Gasteiger partial charge in [0.15, 0.2) is 0 Å². The fourth-order valence-corrected chi connectivity index (χ4v) is 2.59. The lowest BCUT2D eigenvalue weighted by molar-refractivity contribution is 0.0660. The van der Waals surface area contributed by atoms with E-state index in [4.69, 9.17) is 9.52 Å². The summed E-state index contributed by atoms with van der Waals surface area (Å²) < 4.78 is 5.08. The van der Waals surface area contributed by atoms with E-state index in [1.807, 2.05) is 0 Å². The van der Waals surface area contributed by atoms with Crippen LogP contribution in [0.3, 0.4) is 0 Å². The zero-order chi connectivity index (χ0) is 15.1. The van der Waals surface area contributed by atoms with Crippen molar-refractivity contribution in [3.05, 3.63) is 23.7 Å². The van der Waals surface area contributed by atoms with E-state index in [0.29, 0.717) is 5.76 Å². The summed E-state index contributed by atoms with van der Waals surface area (Å²) in [7, 11) is 0. The van der Waals surface area contributed by atoms with E-state index in [-0.39, 0.29) is 24.4 Å². The highest BCUT2D eigenvalue weighted by Gasteiger charge is 2.14. The summed E-state index contributed by atoms with van der Waals surface area (Å²) in [6, 6.07) is 2.94. The Morgan fingerprint density at radius 1 is 1.14 bits per heavy atom. The molecule has 1 aliphatic carbocycles. The number of carbonyl (C=O) groups is 2. The standard InChI is InChI=1S/C15H22N2O4/c18-14(19)13-9-8-12(21-13)10-16-15(20)17-11-6-4-2-1-3-5-7-11/h8-9,11H,1-7,10H2,(H,18,19)(H2,16,17,20). The summed E-state index contributed by atoms with van der Waals surface area (Å²) >= 11 is 0. The molecule has 0 unspecified atom stereocenters. The maximum atomic E-state index is 11.8. The first-order valence-corrected chi connectivity index (χ1v) is 7.51. The minimum Gasteiger partial charge on any atom is -0.475 e. The number of furan rings is 1. The number of aromatic carboxylic acids is 1. The molecule has 1 heterocycles. The summed E-state index contributed by atoms with van der Waals surface area (Å²) in [5.74, 6) is -0.798. The quantitative estimate of drug-likeness (QED) is 0.796. The van der Waals surface area contributed by atoms with Crippen molar-refractivity contribution in [2.45, 2.75) is 57.5 Å². The molecule has 21 heavy (non-hydrogen) atoms. The molecule has 1 aromatic rings. The third-order valence-corrected chi connectivity index (χ3v) is 3.74. The van der Waals surface area contributed by atoms with Gasteiger partial charge < -0.3 is 20.2 Å². The second kappa shape index (κ2) is 7.71. The minimum absolute atomic E-state index is 0.118. The van der Waals surface area contributed by atoms with Gasteiger partial charge in [0.1, 0.15) is 5.76 Å². The van der Waals surface area contributed by atoms with Gasteiger partial charge in [-0.2, -0.15) is 0 Å². The molecule has 3 N–H and O–H groups in total. The lowest BCUT2D eigenvalue weighted by Crippen LogP contribution is -2.42. The third kappa shape index (κ3) is 5.13. The van der Waals surface area contributed by atoms with E-state index in [1.165, 1.54) is 25.3 Å². The third-order valence-electron chi connectivity index (χ3n) is 3.74. The van der Waals surface area contributed by atoms with Crippen LogP contribution in [0, 0.1) is 0 Å². The summed E-state index contributed by atoms with van der Waals surface area (Å²) in [6.45, 7) is 0.186. The molecule has 0 bridgehead atoms. The molecule has 116 valence electrons. The summed E-state index contributed by atoms with van der Waals surface area (Å²) in [5, 5.41) is 14.4. The number of urea groups is 1. The average molecular weight is 294 g/mol. The molecule has 1 saturated carbocycles. The van der Waals surface area contributed by atoms with Crippen molar-refractivity contribution in [2.75, 3.05) is 0 Å². The van der Waals surface area contributed by atoms with E-state index < -0.39 is 5.97 Å². The van der Waals surface area contributed by atoms with Crippen molar-refractivity contribution in [3.63, 3.8) is 0 Å². The number of hydrogen-bond donors (Lipinski definition) is 3. The Bertz CT molecular complexity index is 476. The van der Waals surface area contributed by atoms with Crippen molar-refractivity contribution in [3.8, 4) is 0 Å². The van der Waals surface area contributed by atoms with Crippen molar-refractivity contribution >= 4 is 12.0 Å². The topological polar surface area (TPSA) is 91.6 Å². The van der Waals surface area contributed by atoms with Crippen LogP contribution in [0.4, 0.5) is 4.79 Å². The second-order valence-corrected chi connectivity index (χ2v) is 5.44. The number of carboxylic acids is 1. The van der Waals surface area contributed by atoms with Crippen LogP contribution in [0.2, 0.25) is 0 Å². The van der Waals surface area contributed by atoms with Gasteiger partial charge in [0, 0.05) is 6.04 Å². The molecule has 6 nitrogen and oxygen atoms in total. The zero-order valence-electron chi connectivity index (χ0n) is 12.1. The molecule has 0 aliphatic heterocycles. The predicted octanol–water partition coefficient (Wildman–Crippen LogP) is 2.89. The highest BCUT2D eigenvalue weighted by atomic mass is 16.4. The summed E-state index contributed by atoms with van der Waals surface area (Å²) in [6.07, 6.45) is 8.14. The van der Waals surface area contributed by atoms with Crippen LogP contribution in [0.1, 0.15) is 61.3 Å². The Kier molecular flexibility index (Phi) is 5.66. The normalized spacial score (nSPS) is 16.8. The number of amides is 2. The number of nitrogens with one attached hydrogen (secondary N) is 2. The molecule has 0 atom stereocenters. The van der Waals surface area contributed by atoms with Gasteiger partial charge in [-0.1, -0.05) is 32.1 Å². The molecule has 1 aliphatic rings. The summed E-state index contributed by atoms with van der Waals surface area (Å²) in [4.78, 5) is 22.5. The Morgan fingerprint density at radius 3 is 2.43 bits per heavy atom. The van der Waals surface area contributed by atoms with E-state index >= 15 is 0 Å². The van der Waals surface area contributed by atoms with Gasteiger partial charge in [0.25, 0.3) is 0 Å². The van der Waals surface area contributed by atoms with E-state index in [9.17, 15) is 9.59 Å². The molecule has 0 aromatic carbocycles. The summed E-state index contributed by atoms with van der Waals surface area (Å²) in [5.41, 5.74) is 0. The van der Waals surface area contributed by atoms with Gasteiger partial charge in [-0.3, -0.25) is 0 Å². The predicted molar refractivity (Wildman–Crippen MR) is 77.1 cm³/mol.